The van der Waals surface area contributed by atoms with Gasteiger partial charge in [-0.3, -0.25) is 15.5 Å². The molecule has 0 unspecified atom stereocenters. The number of hydrogen-bond acceptors (Lipinski definition) is 10. The van der Waals surface area contributed by atoms with Gasteiger partial charge in [0.05, 0.1) is 17.3 Å². The standard InChI is InChI=1S/C14H12ClFN8O4/c15-8-6-7(3-4-9(8)16)17-13(20-26)11-14(22-28-21-11)27-5-1-2-10(25)12-18-23-24-19-12/h3-4,6,26H,1-2,5H2,(H,17,20)(H,18,19,23,24). The minimum Gasteiger partial charge on any atom is -0.474 e. The van der Waals surface area contributed by atoms with Gasteiger partial charge in [0.2, 0.25) is 17.3 Å². The number of carbonyl (C=O) groups excluding carboxylic acids is 1. The van der Waals surface area contributed by atoms with E-state index < -0.39 is 5.82 Å². The lowest BCUT2D eigenvalue weighted by atomic mass is 10.2. The average molecular weight is 411 g/mol. The summed E-state index contributed by atoms with van der Waals surface area (Å²) in [7, 11) is 0. The molecule has 0 aliphatic rings. The third-order valence-electron chi connectivity index (χ3n) is 3.31. The van der Waals surface area contributed by atoms with Gasteiger partial charge in [-0.05, 0) is 40.1 Å². The number of aromatic nitrogens is 6. The first kappa shape index (κ1) is 19.3. The molecule has 1 aromatic carbocycles. The molecule has 3 N–H and O–H groups in total. The number of nitrogens with zero attached hydrogens (tertiary/aromatic N) is 6. The molecular formula is C14H12ClFN8O4. The van der Waals surface area contributed by atoms with Crippen LogP contribution in [-0.4, -0.2) is 54.4 Å². The summed E-state index contributed by atoms with van der Waals surface area (Å²) in [6.07, 6.45) is 0.444. The van der Waals surface area contributed by atoms with Gasteiger partial charge in [0.15, 0.2) is 5.84 Å². The maximum Gasteiger partial charge on any atom is 0.287 e. The van der Waals surface area contributed by atoms with E-state index in [1.165, 1.54) is 12.1 Å². The topological polar surface area (TPSA) is 164 Å². The monoisotopic (exact) mass is 410 g/mol. The zero-order valence-electron chi connectivity index (χ0n) is 14.0. The highest BCUT2D eigenvalue weighted by molar-refractivity contribution is 6.31. The molecule has 0 saturated carbocycles. The van der Waals surface area contributed by atoms with Crippen LogP contribution in [0.4, 0.5) is 10.1 Å². The molecule has 0 atom stereocenters. The lowest BCUT2D eigenvalue weighted by molar-refractivity contribution is 0.0962. The van der Waals surface area contributed by atoms with Crippen LogP contribution in [0.2, 0.25) is 5.02 Å². The Labute approximate surface area is 160 Å². The quantitative estimate of drug-likeness (QED) is 0.163. The summed E-state index contributed by atoms with van der Waals surface area (Å²) in [5, 5.41) is 29.0. The molecule has 12 nitrogen and oxygen atoms in total. The fourth-order valence-corrected chi connectivity index (χ4v) is 2.20. The van der Waals surface area contributed by atoms with Crippen molar-refractivity contribution >= 4 is 28.9 Å². The summed E-state index contributed by atoms with van der Waals surface area (Å²) in [4.78, 5) is 15.8. The molecule has 2 aromatic heterocycles. The first-order chi connectivity index (χ1) is 13.6. The number of nitrogens with one attached hydrogen (secondary N) is 2. The van der Waals surface area contributed by atoms with Crippen LogP contribution in [0.15, 0.2) is 27.8 Å². The van der Waals surface area contributed by atoms with Gasteiger partial charge in [-0.15, -0.1) is 10.2 Å². The number of benzene rings is 1. The van der Waals surface area contributed by atoms with Crippen molar-refractivity contribution in [1.29, 1.82) is 0 Å². The van der Waals surface area contributed by atoms with E-state index in [4.69, 9.17) is 16.3 Å². The molecule has 0 aliphatic carbocycles. The molecule has 28 heavy (non-hydrogen) atoms. The van der Waals surface area contributed by atoms with E-state index >= 15 is 0 Å². The number of ketones is 1. The van der Waals surface area contributed by atoms with Crippen LogP contribution in [0.3, 0.4) is 0 Å². The Morgan fingerprint density at radius 1 is 1.43 bits per heavy atom. The molecule has 146 valence electrons. The predicted molar refractivity (Wildman–Crippen MR) is 90.1 cm³/mol. The van der Waals surface area contributed by atoms with Gasteiger partial charge in [0.25, 0.3) is 5.88 Å². The zero-order valence-corrected chi connectivity index (χ0v) is 14.7. The molecule has 3 rings (SSSR count). The highest BCUT2D eigenvalue weighted by Gasteiger charge is 2.19. The van der Waals surface area contributed by atoms with Crippen molar-refractivity contribution in [2.45, 2.75) is 12.8 Å². The number of rotatable bonds is 8. The van der Waals surface area contributed by atoms with Crippen molar-refractivity contribution in [2.24, 2.45) is 4.99 Å². The summed E-state index contributed by atoms with van der Waals surface area (Å²) in [6.45, 7) is 0.0892. The van der Waals surface area contributed by atoms with Gasteiger partial charge in [-0.2, -0.15) is 5.21 Å². The number of hydroxylamine groups is 1. The van der Waals surface area contributed by atoms with Crippen molar-refractivity contribution in [3.63, 3.8) is 0 Å². The predicted octanol–water partition coefficient (Wildman–Crippen LogP) is 1.47. The van der Waals surface area contributed by atoms with E-state index in [9.17, 15) is 14.4 Å². The second-order valence-electron chi connectivity index (χ2n) is 5.20. The van der Waals surface area contributed by atoms with E-state index in [1.54, 1.807) is 0 Å². The number of ether oxygens (including phenoxy) is 1. The van der Waals surface area contributed by atoms with Crippen LogP contribution in [0, 0.1) is 5.82 Å². The van der Waals surface area contributed by atoms with Gasteiger partial charge in [-0.1, -0.05) is 11.6 Å². The minimum absolute atomic E-state index is 0.0133. The summed E-state index contributed by atoms with van der Waals surface area (Å²) >= 11 is 5.70. The highest BCUT2D eigenvalue weighted by atomic mass is 35.5. The van der Waals surface area contributed by atoms with Crippen LogP contribution in [-0.2, 0) is 0 Å². The van der Waals surface area contributed by atoms with Crippen LogP contribution in [0.1, 0.15) is 29.2 Å². The van der Waals surface area contributed by atoms with E-state index in [0.29, 0.717) is 6.42 Å². The number of H-pyrrole nitrogens is 1. The number of Topliss-reactive ketones (excluding diaryl/α,β-unsaturated/α-hetero) is 1. The Bertz CT molecular complexity index is 978. The van der Waals surface area contributed by atoms with Crippen LogP contribution in [0.5, 0.6) is 5.88 Å². The molecule has 14 heteroatoms. The number of aliphatic imine (C=N–C) groups is 1. The van der Waals surface area contributed by atoms with Crippen LogP contribution >= 0.6 is 11.6 Å². The molecule has 0 spiro atoms. The van der Waals surface area contributed by atoms with Crippen LogP contribution in [0.25, 0.3) is 0 Å². The molecule has 3 aromatic rings. The van der Waals surface area contributed by atoms with E-state index in [0.717, 1.165) is 6.07 Å². The van der Waals surface area contributed by atoms with Crippen molar-refractivity contribution in [1.82, 2.24) is 36.4 Å². The largest absolute Gasteiger partial charge is 0.474 e. The molecule has 0 saturated heterocycles. The third kappa shape index (κ3) is 4.63. The maximum atomic E-state index is 13.2. The Kier molecular flexibility index (Phi) is 6.18. The fraction of sp³-hybridized carbons (Fsp3) is 0.214. The van der Waals surface area contributed by atoms with Crippen molar-refractivity contribution < 1.29 is 23.8 Å². The molecular weight excluding hydrogens is 399 g/mol. The SMILES string of the molecule is O=C(CCCOc1nonc1C(=Nc1ccc(F)c(Cl)c1)NO)c1nn[nH]n1. The second kappa shape index (κ2) is 8.96. The Morgan fingerprint density at radius 2 is 2.29 bits per heavy atom. The molecule has 2 heterocycles. The zero-order chi connectivity index (χ0) is 19.9. The molecule has 0 bridgehead atoms. The maximum absolute atomic E-state index is 13.2. The van der Waals surface area contributed by atoms with Gasteiger partial charge >= 0.3 is 0 Å². The van der Waals surface area contributed by atoms with E-state index in [1.807, 2.05) is 5.48 Å². The highest BCUT2D eigenvalue weighted by Crippen LogP contribution is 2.23. The number of aromatic amines is 1. The number of carbonyl (C=O) groups is 1. The minimum atomic E-state index is -0.610. The number of tetrazole rings is 1. The molecule has 0 amide bonds. The number of amidine groups is 1. The Morgan fingerprint density at radius 3 is 3.00 bits per heavy atom. The normalized spacial score (nSPS) is 11.5. The van der Waals surface area contributed by atoms with Crippen molar-refractivity contribution in [3.8, 4) is 5.88 Å². The third-order valence-corrected chi connectivity index (χ3v) is 3.60. The first-order valence-electron chi connectivity index (χ1n) is 7.74. The number of halogens is 2. The van der Waals surface area contributed by atoms with Gasteiger partial charge in [-0.25, -0.2) is 14.0 Å². The summed E-state index contributed by atoms with van der Waals surface area (Å²) in [5.74, 6) is -1.16. The number of hydrogen-bond donors (Lipinski definition) is 3. The lowest BCUT2D eigenvalue weighted by Crippen LogP contribution is -2.21. The summed E-state index contributed by atoms with van der Waals surface area (Å²) in [6, 6.07) is 3.72. The molecule has 0 aliphatic heterocycles. The molecule has 0 fully saturated rings. The lowest BCUT2D eigenvalue weighted by Gasteiger charge is -2.05. The Balaban J connectivity index is 1.63. The van der Waals surface area contributed by atoms with Crippen molar-refractivity contribution in [2.75, 3.05) is 6.61 Å². The summed E-state index contributed by atoms with van der Waals surface area (Å²) in [5.41, 5.74) is 2.05. The van der Waals surface area contributed by atoms with Crippen molar-refractivity contribution in [3.05, 3.63) is 40.6 Å². The average Bonchev–Trinajstić information content (AvgIpc) is 3.38. The first-order valence-corrected chi connectivity index (χ1v) is 8.12. The van der Waals surface area contributed by atoms with Gasteiger partial charge < -0.3 is 4.74 Å². The second-order valence-corrected chi connectivity index (χ2v) is 5.61. The summed E-state index contributed by atoms with van der Waals surface area (Å²) < 4.78 is 23.2. The van der Waals surface area contributed by atoms with Crippen LogP contribution < -0.4 is 10.2 Å². The smallest absolute Gasteiger partial charge is 0.287 e. The van der Waals surface area contributed by atoms with Gasteiger partial charge in [0.1, 0.15) is 5.82 Å². The van der Waals surface area contributed by atoms with E-state index in [2.05, 4.69) is 40.6 Å². The fourth-order valence-electron chi connectivity index (χ4n) is 2.03. The van der Waals surface area contributed by atoms with E-state index in [-0.39, 0.29) is 52.8 Å². The van der Waals surface area contributed by atoms with Gasteiger partial charge in [0, 0.05) is 6.42 Å². The molecule has 0 radical (unpaired) electrons. The Hall–Kier alpha value is -3.45.